The van der Waals surface area contributed by atoms with Crippen molar-refractivity contribution in [3.8, 4) is 33.4 Å². The normalized spacial score (nSPS) is 11.3. The van der Waals surface area contributed by atoms with Crippen molar-refractivity contribution in [1.82, 2.24) is 4.98 Å². The molecule has 0 saturated carbocycles. The first-order valence-electron chi connectivity index (χ1n) is 16.7. The predicted octanol–water partition coefficient (Wildman–Crippen LogP) is 13.0. The van der Waals surface area contributed by atoms with E-state index in [0.717, 1.165) is 28.3 Å². The fourth-order valence-electron chi connectivity index (χ4n) is 7.28. The summed E-state index contributed by atoms with van der Waals surface area (Å²) in [5.41, 5.74) is 9.28. The van der Waals surface area contributed by atoms with Crippen molar-refractivity contribution in [2.45, 2.75) is 0 Å². The second kappa shape index (κ2) is 12.3. The zero-order valence-corrected chi connectivity index (χ0v) is 26.9. The lowest BCUT2D eigenvalue weighted by molar-refractivity contribution is 1.19. The lowest BCUT2D eigenvalue weighted by Gasteiger charge is -2.29. The Morgan fingerprint density at radius 3 is 1.47 bits per heavy atom. The first kappa shape index (κ1) is 28.7. The fourth-order valence-corrected chi connectivity index (χ4v) is 7.28. The van der Waals surface area contributed by atoms with Crippen molar-refractivity contribution in [1.29, 1.82) is 0 Å². The highest BCUT2D eigenvalue weighted by molar-refractivity contribution is 6.24. The highest BCUT2D eigenvalue weighted by atomic mass is 15.2. The molecule has 0 fully saturated rings. The summed E-state index contributed by atoms with van der Waals surface area (Å²) in [4.78, 5) is 7.36. The zero-order chi connectivity index (χ0) is 32.6. The van der Waals surface area contributed by atoms with Gasteiger partial charge in [-0.05, 0) is 85.3 Å². The molecule has 9 aromatic rings. The average molecular weight is 625 g/mol. The Bertz CT molecular complexity index is 2470. The Morgan fingerprint density at radius 2 is 0.878 bits per heavy atom. The molecule has 0 aliphatic rings. The number of hydrogen-bond acceptors (Lipinski definition) is 2. The van der Waals surface area contributed by atoms with Gasteiger partial charge in [0, 0.05) is 22.7 Å². The first-order valence-corrected chi connectivity index (χ1v) is 16.7. The third-order valence-electron chi connectivity index (χ3n) is 9.45. The molecule has 230 valence electrons. The van der Waals surface area contributed by atoms with Crippen molar-refractivity contribution in [2.75, 3.05) is 4.90 Å². The summed E-state index contributed by atoms with van der Waals surface area (Å²) >= 11 is 0. The van der Waals surface area contributed by atoms with Crippen LogP contribution in [0.5, 0.6) is 0 Å². The molecular formula is C47H32N2. The number of pyridine rings is 1. The molecule has 2 nitrogen and oxygen atoms in total. The molecule has 0 saturated heterocycles. The van der Waals surface area contributed by atoms with E-state index in [1.165, 1.54) is 54.6 Å². The standard InChI is InChI=1S/C47H32N2/c1-3-16-33(17-4-1)36-30-37(34-18-5-2-6-19-34)32-38(31-36)49(45-28-13-14-29-48-45)47-43-25-11-9-23-41(43)46(42-24-10-12-26-44(42)47)40-27-15-21-35-20-7-8-22-39(35)40/h1-32H. The monoisotopic (exact) mass is 624 g/mol. The average Bonchev–Trinajstić information content (AvgIpc) is 3.19. The Kier molecular flexibility index (Phi) is 7.18. The maximum absolute atomic E-state index is 5.00. The number of rotatable bonds is 6. The molecule has 0 bridgehead atoms. The van der Waals surface area contributed by atoms with Crippen LogP contribution in [0, 0.1) is 0 Å². The van der Waals surface area contributed by atoms with E-state index in [1.54, 1.807) is 0 Å². The second-order valence-corrected chi connectivity index (χ2v) is 12.4. The minimum atomic E-state index is 0.861. The van der Waals surface area contributed by atoms with Crippen molar-refractivity contribution in [2.24, 2.45) is 0 Å². The van der Waals surface area contributed by atoms with Gasteiger partial charge in [0.2, 0.25) is 0 Å². The quantitative estimate of drug-likeness (QED) is 0.171. The number of nitrogens with zero attached hydrogens (tertiary/aromatic N) is 2. The van der Waals surface area contributed by atoms with Crippen molar-refractivity contribution >= 4 is 49.5 Å². The van der Waals surface area contributed by atoms with Gasteiger partial charge in [0.15, 0.2) is 0 Å². The minimum absolute atomic E-state index is 0.861. The molecule has 8 aromatic carbocycles. The topological polar surface area (TPSA) is 16.1 Å². The van der Waals surface area contributed by atoms with Gasteiger partial charge in [0.25, 0.3) is 0 Å². The molecule has 0 atom stereocenters. The number of fused-ring (bicyclic) bond motifs is 3. The van der Waals surface area contributed by atoms with Crippen LogP contribution in [0.25, 0.3) is 65.7 Å². The Balaban J connectivity index is 1.40. The summed E-state index contributed by atoms with van der Waals surface area (Å²) in [7, 11) is 0. The van der Waals surface area contributed by atoms with Gasteiger partial charge in [-0.15, -0.1) is 0 Å². The lowest BCUT2D eigenvalue weighted by Crippen LogP contribution is -2.13. The van der Waals surface area contributed by atoms with Crippen LogP contribution in [0.3, 0.4) is 0 Å². The molecule has 9 rings (SSSR count). The molecule has 0 N–H and O–H groups in total. The van der Waals surface area contributed by atoms with Gasteiger partial charge in [0.05, 0.1) is 5.69 Å². The van der Waals surface area contributed by atoms with Crippen LogP contribution in [0.1, 0.15) is 0 Å². The smallest absolute Gasteiger partial charge is 0.137 e. The van der Waals surface area contributed by atoms with Crippen LogP contribution >= 0.6 is 0 Å². The Morgan fingerprint density at radius 1 is 0.367 bits per heavy atom. The molecule has 0 spiro atoms. The van der Waals surface area contributed by atoms with Crippen molar-refractivity contribution < 1.29 is 0 Å². The molecule has 0 unspecified atom stereocenters. The summed E-state index contributed by atoms with van der Waals surface area (Å²) in [6.45, 7) is 0. The first-order chi connectivity index (χ1) is 24.3. The molecule has 1 aromatic heterocycles. The van der Waals surface area contributed by atoms with E-state index in [2.05, 4.69) is 187 Å². The van der Waals surface area contributed by atoms with Crippen molar-refractivity contribution in [3.05, 3.63) is 194 Å². The SMILES string of the molecule is c1ccc(-c2cc(-c3ccccc3)cc(N(c3ccccn3)c3c4ccccc4c(-c4cccc5ccccc45)c4ccccc34)c2)cc1. The van der Waals surface area contributed by atoms with Gasteiger partial charge < -0.3 is 0 Å². The molecule has 2 heteroatoms. The summed E-state index contributed by atoms with van der Waals surface area (Å²) in [6.07, 6.45) is 1.89. The van der Waals surface area contributed by atoms with E-state index in [0.29, 0.717) is 0 Å². The summed E-state index contributed by atoms with van der Waals surface area (Å²) in [5, 5.41) is 7.23. The highest BCUT2D eigenvalue weighted by Crippen LogP contribution is 2.49. The zero-order valence-electron chi connectivity index (χ0n) is 26.9. The fraction of sp³-hybridized carbons (Fsp3) is 0. The Labute approximate surface area is 286 Å². The maximum Gasteiger partial charge on any atom is 0.137 e. The minimum Gasteiger partial charge on any atom is -0.294 e. The largest absolute Gasteiger partial charge is 0.294 e. The third kappa shape index (κ3) is 5.11. The van der Waals surface area contributed by atoms with Gasteiger partial charge in [-0.3, -0.25) is 4.90 Å². The van der Waals surface area contributed by atoms with Crippen LogP contribution in [0.2, 0.25) is 0 Å². The second-order valence-electron chi connectivity index (χ2n) is 12.4. The van der Waals surface area contributed by atoms with E-state index < -0.39 is 0 Å². The van der Waals surface area contributed by atoms with Crippen LogP contribution in [-0.2, 0) is 0 Å². The maximum atomic E-state index is 5.00. The molecule has 0 aliphatic heterocycles. The van der Waals surface area contributed by atoms with Crippen LogP contribution in [0.15, 0.2) is 194 Å². The number of anilines is 3. The van der Waals surface area contributed by atoms with Crippen LogP contribution in [0.4, 0.5) is 17.2 Å². The molecule has 1 heterocycles. The van der Waals surface area contributed by atoms with E-state index in [4.69, 9.17) is 4.98 Å². The van der Waals surface area contributed by atoms with Gasteiger partial charge in [0.1, 0.15) is 5.82 Å². The number of aromatic nitrogens is 1. The highest BCUT2D eigenvalue weighted by Gasteiger charge is 2.24. The van der Waals surface area contributed by atoms with Crippen LogP contribution in [-0.4, -0.2) is 4.98 Å². The van der Waals surface area contributed by atoms with Gasteiger partial charge in [-0.2, -0.15) is 0 Å². The number of benzene rings is 8. The van der Waals surface area contributed by atoms with Crippen LogP contribution < -0.4 is 4.90 Å². The molecule has 49 heavy (non-hydrogen) atoms. The molecule has 0 amide bonds. The van der Waals surface area contributed by atoms with E-state index >= 15 is 0 Å². The van der Waals surface area contributed by atoms with E-state index in [-0.39, 0.29) is 0 Å². The van der Waals surface area contributed by atoms with E-state index in [1.807, 2.05) is 12.3 Å². The summed E-state index contributed by atoms with van der Waals surface area (Å²) < 4.78 is 0. The third-order valence-corrected chi connectivity index (χ3v) is 9.45. The van der Waals surface area contributed by atoms with E-state index in [9.17, 15) is 0 Å². The van der Waals surface area contributed by atoms with Crippen molar-refractivity contribution in [3.63, 3.8) is 0 Å². The van der Waals surface area contributed by atoms with Gasteiger partial charge in [-0.25, -0.2) is 4.98 Å². The lowest BCUT2D eigenvalue weighted by atomic mass is 9.88. The molecule has 0 aliphatic carbocycles. The predicted molar refractivity (Wildman–Crippen MR) is 208 cm³/mol. The molecule has 0 radical (unpaired) electrons. The Hall–Kier alpha value is -6.51. The van der Waals surface area contributed by atoms with Gasteiger partial charge >= 0.3 is 0 Å². The summed E-state index contributed by atoms with van der Waals surface area (Å²) in [5.74, 6) is 0.861. The molecular weight excluding hydrogens is 593 g/mol. The summed E-state index contributed by atoms with van der Waals surface area (Å²) in [6, 6.07) is 67.4. The number of hydrogen-bond donors (Lipinski definition) is 0. The van der Waals surface area contributed by atoms with Gasteiger partial charge in [-0.1, -0.05) is 158 Å².